The third kappa shape index (κ3) is 3.45. The first-order valence-electron chi connectivity index (χ1n) is 8.50. The van der Waals surface area contributed by atoms with E-state index in [2.05, 4.69) is 15.3 Å². The lowest BCUT2D eigenvalue weighted by Crippen LogP contribution is -2.40. The fourth-order valence-electron chi connectivity index (χ4n) is 3.21. The number of amides is 1. The molecule has 128 valence electrons. The topological polar surface area (TPSA) is 68.8 Å². The highest BCUT2D eigenvalue weighted by molar-refractivity contribution is 5.76. The van der Waals surface area contributed by atoms with Gasteiger partial charge < -0.3 is 9.47 Å². The molecule has 0 aliphatic carbocycles. The zero-order valence-electron chi connectivity index (χ0n) is 13.9. The van der Waals surface area contributed by atoms with Crippen LogP contribution in [-0.4, -0.2) is 48.4 Å². The van der Waals surface area contributed by atoms with Gasteiger partial charge in [0.15, 0.2) is 0 Å². The number of aromatic nitrogens is 5. The minimum Gasteiger partial charge on any atom is -0.341 e. The molecular weight excluding hydrogens is 316 g/mol. The van der Waals surface area contributed by atoms with Gasteiger partial charge in [-0.05, 0) is 12.8 Å². The SMILES string of the molecule is O=C(Cn1ccnc1)N1CCC(n2cc(-c3ccccc3)nn2)CC1. The average molecular weight is 336 g/mol. The van der Waals surface area contributed by atoms with Crippen molar-refractivity contribution in [3.63, 3.8) is 0 Å². The highest BCUT2D eigenvalue weighted by Gasteiger charge is 2.24. The van der Waals surface area contributed by atoms with Crippen molar-refractivity contribution in [1.29, 1.82) is 0 Å². The Hall–Kier alpha value is -2.96. The lowest BCUT2D eigenvalue weighted by Gasteiger charge is -2.31. The van der Waals surface area contributed by atoms with E-state index in [-0.39, 0.29) is 5.91 Å². The minimum absolute atomic E-state index is 0.139. The Morgan fingerprint density at radius 2 is 1.96 bits per heavy atom. The number of hydrogen-bond acceptors (Lipinski definition) is 4. The molecule has 1 fully saturated rings. The van der Waals surface area contributed by atoms with E-state index in [4.69, 9.17) is 0 Å². The van der Waals surface area contributed by atoms with E-state index in [1.54, 1.807) is 17.1 Å². The van der Waals surface area contributed by atoms with Crippen LogP contribution >= 0.6 is 0 Å². The summed E-state index contributed by atoms with van der Waals surface area (Å²) in [5, 5.41) is 8.59. The van der Waals surface area contributed by atoms with Crippen LogP contribution in [0.5, 0.6) is 0 Å². The number of nitrogens with zero attached hydrogens (tertiary/aromatic N) is 6. The second-order valence-corrected chi connectivity index (χ2v) is 6.30. The van der Waals surface area contributed by atoms with Crippen LogP contribution in [0.1, 0.15) is 18.9 Å². The molecule has 0 bridgehead atoms. The summed E-state index contributed by atoms with van der Waals surface area (Å²) >= 11 is 0. The first-order chi connectivity index (χ1) is 12.3. The number of likely N-dealkylation sites (tertiary alicyclic amines) is 1. The van der Waals surface area contributed by atoms with Gasteiger partial charge in [-0.2, -0.15) is 0 Å². The normalized spacial score (nSPS) is 15.4. The van der Waals surface area contributed by atoms with Crippen molar-refractivity contribution in [2.24, 2.45) is 0 Å². The van der Waals surface area contributed by atoms with Crippen LogP contribution in [0.3, 0.4) is 0 Å². The smallest absolute Gasteiger partial charge is 0.242 e. The van der Waals surface area contributed by atoms with Crippen molar-refractivity contribution in [2.45, 2.75) is 25.4 Å². The maximum Gasteiger partial charge on any atom is 0.242 e. The third-order valence-electron chi connectivity index (χ3n) is 4.65. The van der Waals surface area contributed by atoms with Gasteiger partial charge in [-0.25, -0.2) is 9.67 Å². The van der Waals surface area contributed by atoms with Crippen LogP contribution < -0.4 is 0 Å². The number of benzene rings is 1. The first kappa shape index (κ1) is 15.6. The fourth-order valence-corrected chi connectivity index (χ4v) is 3.21. The summed E-state index contributed by atoms with van der Waals surface area (Å²) in [4.78, 5) is 18.2. The zero-order chi connectivity index (χ0) is 17.1. The molecule has 2 aromatic heterocycles. The van der Waals surface area contributed by atoms with Crippen molar-refractivity contribution in [3.05, 3.63) is 55.2 Å². The molecule has 0 radical (unpaired) electrons. The minimum atomic E-state index is 0.139. The number of imidazole rings is 1. The number of carbonyl (C=O) groups excluding carboxylic acids is 1. The molecule has 0 saturated carbocycles. The molecular formula is C18H20N6O. The molecule has 1 amide bonds. The second-order valence-electron chi connectivity index (χ2n) is 6.30. The Morgan fingerprint density at radius 3 is 2.68 bits per heavy atom. The maximum absolute atomic E-state index is 12.3. The van der Waals surface area contributed by atoms with Crippen molar-refractivity contribution in [3.8, 4) is 11.3 Å². The van der Waals surface area contributed by atoms with Crippen LogP contribution in [-0.2, 0) is 11.3 Å². The molecule has 1 aromatic carbocycles. The van der Waals surface area contributed by atoms with E-state index >= 15 is 0 Å². The number of piperidine rings is 1. The predicted molar refractivity (Wildman–Crippen MR) is 92.5 cm³/mol. The number of hydrogen-bond donors (Lipinski definition) is 0. The highest BCUT2D eigenvalue weighted by atomic mass is 16.2. The summed E-state index contributed by atoms with van der Waals surface area (Å²) in [6, 6.07) is 10.3. The predicted octanol–water partition coefficient (Wildman–Crippen LogP) is 2.01. The van der Waals surface area contributed by atoms with Gasteiger partial charge in [-0.3, -0.25) is 4.79 Å². The molecule has 0 spiro atoms. The molecule has 1 aliphatic heterocycles. The van der Waals surface area contributed by atoms with Gasteiger partial charge in [0.2, 0.25) is 5.91 Å². The fraction of sp³-hybridized carbons (Fsp3) is 0.333. The molecule has 0 unspecified atom stereocenters. The summed E-state index contributed by atoms with van der Waals surface area (Å²) in [7, 11) is 0. The van der Waals surface area contributed by atoms with E-state index in [0.29, 0.717) is 12.6 Å². The summed E-state index contributed by atoms with van der Waals surface area (Å²) in [6.45, 7) is 1.85. The number of carbonyl (C=O) groups is 1. The molecule has 7 heteroatoms. The molecule has 3 heterocycles. The van der Waals surface area contributed by atoms with Gasteiger partial charge in [-0.1, -0.05) is 35.5 Å². The summed E-state index contributed by atoms with van der Waals surface area (Å²) in [5.41, 5.74) is 1.96. The Morgan fingerprint density at radius 1 is 1.16 bits per heavy atom. The van der Waals surface area contributed by atoms with E-state index in [0.717, 1.165) is 37.2 Å². The summed E-state index contributed by atoms with van der Waals surface area (Å²) in [6.07, 6.45) is 8.97. The van der Waals surface area contributed by atoms with Gasteiger partial charge in [0, 0.05) is 31.0 Å². The second kappa shape index (κ2) is 6.88. The Kier molecular flexibility index (Phi) is 4.28. The summed E-state index contributed by atoms with van der Waals surface area (Å²) in [5.74, 6) is 0.139. The van der Waals surface area contributed by atoms with Crippen LogP contribution in [0.4, 0.5) is 0 Å². The highest BCUT2D eigenvalue weighted by Crippen LogP contribution is 2.24. The molecule has 4 rings (SSSR count). The van der Waals surface area contributed by atoms with Gasteiger partial charge in [0.1, 0.15) is 12.2 Å². The molecule has 1 aliphatic rings. The molecule has 25 heavy (non-hydrogen) atoms. The van der Waals surface area contributed by atoms with E-state index < -0.39 is 0 Å². The van der Waals surface area contributed by atoms with Crippen molar-refractivity contribution < 1.29 is 4.79 Å². The van der Waals surface area contributed by atoms with Crippen LogP contribution in [0.25, 0.3) is 11.3 Å². The monoisotopic (exact) mass is 336 g/mol. The largest absolute Gasteiger partial charge is 0.341 e. The Bertz CT molecular complexity index is 818. The van der Waals surface area contributed by atoms with E-state index in [9.17, 15) is 4.79 Å². The standard InChI is InChI=1S/C18H20N6O/c25-18(13-22-11-8-19-14-22)23-9-6-16(7-10-23)24-12-17(20-21-24)15-4-2-1-3-5-15/h1-5,8,11-12,14,16H,6-7,9-10,13H2. The van der Waals surface area contributed by atoms with Crippen LogP contribution in [0, 0.1) is 0 Å². The van der Waals surface area contributed by atoms with E-state index in [1.807, 2.05) is 52.3 Å². The van der Waals surface area contributed by atoms with Crippen LogP contribution in [0.15, 0.2) is 55.2 Å². The quantitative estimate of drug-likeness (QED) is 0.731. The third-order valence-corrected chi connectivity index (χ3v) is 4.65. The van der Waals surface area contributed by atoms with Gasteiger partial charge in [0.25, 0.3) is 0 Å². The number of rotatable bonds is 4. The Labute approximate surface area is 145 Å². The van der Waals surface area contributed by atoms with Crippen molar-refractivity contribution >= 4 is 5.91 Å². The van der Waals surface area contributed by atoms with Gasteiger partial charge >= 0.3 is 0 Å². The van der Waals surface area contributed by atoms with Crippen molar-refractivity contribution in [2.75, 3.05) is 13.1 Å². The molecule has 0 atom stereocenters. The van der Waals surface area contributed by atoms with Crippen molar-refractivity contribution in [1.82, 2.24) is 29.4 Å². The van der Waals surface area contributed by atoms with E-state index in [1.165, 1.54) is 0 Å². The lowest BCUT2D eigenvalue weighted by atomic mass is 10.1. The van der Waals surface area contributed by atoms with Crippen LogP contribution in [0.2, 0.25) is 0 Å². The molecule has 0 N–H and O–H groups in total. The Balaban J connectivity index is 1.36. The molecule has 1 saturated heterocycles. The zero-order valence-corrected chi connectivity index (χ0v) is 13.9. The average Bonchev–Trinajstić information content (AvgIpc) is 3.34. The first-order valence-corrected chi connectivity index (χ1v) is 8.50. The lowest BCUT2D eigenvalue weighted by molar-refractivity contribution is -0.133. The molecule has 7 nitrogen and oxygen atoms in total. The van der Waals surface area contributed by atoms with Gasteiger partial charge in [-0.15, -0.1) is 5.10 Å². The maximum atomic E-state index is 12.3. The summed E-state index contributed by atoms with van der Waals surface area (Å²) < 4.78 is 3.75. The molecule has 3 aromatic rings. The van der Waals surface area contributed by atoms with Gasteiger partial charge in [0.05, 0.1) is 18.6 Å².